The van der Waals surface area contributed by atoms with Gasteiger partial charge in [0.25, 0.3) is 0 Å². The Labute approximate surface area is 126 Å². The highest BCUT2D eigenvalue weighted by Gasteiger charge is 2.24. The van der Waals surface area contributed by atoms with E-state index in [0.29, 0.717) is 6.04 Å². The van der Waals surface area contributed by atoms with E-state index in [2.05, 4.69) is 15.2 Å². The second-order valence-electron chi connectivity index (χ2n) is 5.73. The molecule has 0 saturated carbocycles. The number of halogens is 1. The molecule has 1 aromatic heterocycles. The van der Waals surface area contributed by atoms with Gasteiger partial charge in [0.2, 0.25) is 0 Å². The van der Waals surface area contributed by atoms with Crippen LogP contribution in [0.5, 0.6) is 0 Å². The number of aromatic nitrogens is 1. The van der Waals surface area contributed by atoms with Gasteiger partial charge >= 0.3 is 0 Å². The minimum absolute atomic E-state index is 0.157. The van der Waals surface area contributed by atoms with E-state index in [0.717, 1.165) is 38.0 Å². The molecular weight excluding hydrogens is 269 g/mol. The summed E-state index contributed by atoms with van der Waals surface area (Å²) in [4.78, 5) is 6.69. The Morgan fingerprint density at radius 3 is 3.05 bits per heavy atom. The van der Waals surface area contributed by atoms with Gasteiger partial charge in [-0.05, 0) is 57.8 Å². The Bertz CT molecular complexity index is 412. The summed E-state index contributed by atoms with van der Waals surface area (Å²) in [6.07, 6.45) is 6.68. The zero-order valence-corrected chi connectivity index (χ0v) is 12.8. The van der Waals surface area contributed by atoms with Crippen LogP contribution in [0.1, 0.15) is 43.8 Å². The fourth-order valence-corrected chi connectivity index (χ4v) is 3.17. The molecule has 5 heteroatoms. The van der Waals surface area contributed by atoms with Crippen molar-refractivity contribution < 1.29 is 9.50 Å². The molecule has 2 rings (SSSR count). The number of hydrogen-bond donors (Lipinski definition) is 2. The van der Waals surface area contributed by atoms with Crippen molar-refractivity contribution in [1.29, 1.82) is 0 Å². The van der Waals surface area contributed by atoms with Gasteiger partial charge in [0.1, 0.15) is 5.82 Å². The number of hydrogen-bond acceptors (Lipinski definition) is 4. The average molecular weight is 295 g/mol. The monoisotopic (exact) mass is 295 g/mol. The Hall–Kier alpha value is -1.04. The molecule has 1 aliphatic heterocycles. The lowest BCUT2D eigenvalue weighted by atomic mass is 10.1. The minimum Gasteiger partial charge on any atom is -0.396 e. The molecule has 1 aliphatic rings. The molecule has 2 atom stereocenters. The maximum Gasteiger partial charge on any atom is 0.141 e. The Morgan fingerprint density at radius 1 is 1.52 bits per heavy atom. The molecular formula is C16H26FN3O. The first-order chi connectivity index (χ1) is 10.2. The molecule has 0 spiro atoms. The minimum atomic E-state index is -0.294. The maximum atomic E-state index is 12.9. The molecule has 0 bridgehead atoms. The van der Waals surface area contributed by atoms with Crippen LogP contribution in [-0.4, -0.2) is 47.8 Å². The van der Waals surface area contributed by atoms with Crippen LogP contribution >= 0.6 is 0 Å². The van der Waals surface area contributed by atoms with Crippen molar-refractivity contribution in [3.63, 3.8) is 0 Å². The van der Waals surface area contributed by atoms with Crippen LogP contribution in [0.3, 0.4) is 0 Å². The lowest BCUT2D eigenvalue weighted by molar-refractivity contribution is 0.208. The largest absolute Gasteiger partial charge is 0.396 e. The number of aliphatic hydroxyl groups excluding tert-OH is 1. The van der Waals surface area contributed by atoms with Crippen molar-refractivity contribution in [3.05, 3.63) is 29.8 Å². The molecule has 0 aromatic carbocycles. The molecule has 118 valence electrons. The van der Waals surface area contributed by atoms with Gasteiger partial charge in [-0.15, -0.1) is 0 Å². The molecule has 0 radical (unpaired) electrons. The summed E-state index contributed by atoms with van der Waals surface area (Å²) in [6, 6.07) is 3.98. The van der Waals surface area contributed by atoms with Gasteiger partial charge in [0.15, 0.2) is 0 Å². The van der Waals surface area contributed by atoms with Gasteiger partial charge in [-0.25, -0.2) is 4.39 Å². The molecule has 4 nitrogen and oxygen atoms in total. The average Bonchev–Trinajstić information content (AvgIpc) is 2.95. The van der Waals surface area contributed by atoms with E-state index in [-0.39, 0.29) is 18.5 Å². The fraction of sp³-hybridized carbons (Fsp3) is 0.688. The van der Waals surface area contributed by atoms with Gasteiger partial charge in [-0.2, -0.15) is 0 Å². The lowest BCUT2D eigenvalue weighted by Gasteiger charge is -2.26. The Morgan fingerprint density at radius 2 is 2.38 bits per heavy atom. The summed E-state index contributed by atoms with van der Waals surface area (Å²) in [7, 11) is 1.92. The van der Waals surface area contributed by atoms with Gasteiger partial charge in [0.05, 0.1) is 17.9 Å². The van der Waals surface area contributed by atoms with Crippen LogP contribution in [0, 0.1) is 5.82 Å². The van der Waals surface area contributed by atoms with Crippen LogP contribution in [-0.2, 0) is 0 Å². The van der Waals surface area contributed by atoms with Gasteiger partial charge in [-0.3, -0.25) is 4.98 Å². The number of likely N-dealkylation sites (tertiary alicyclic amines) is 1. The highest BCUT2D eigenvalue weighted by Crippen LogP contribution is 2.23. The van der Waals surface area contributed by atoms with Crippen LogP contribution in [0.15, 0.2) is 18.3 Å². The second-order valence-corrected chi connectivity index (χ2v) is 5.73. The molecule has 2 N–H and O–H groups in total. The molecule has 2 unspecified atom stereocenters. The van der Waals surface area contributed by atoms with E-state index in [1.165, 1.54) is 25.1 Å². The number of pyridine rings is 1. The van der Waals surface area contributed by atoms with E-state index >= 15 is 0 Å². The van der Waals surface area contributed by atoms with Gasteiger partial charge < -0.3 is 15.3 Å². The summed E-state index contributed by atoms with van der Waals surface area (Å²) >= 11 is 0. The van der Waals surface area contributed by atoms with Crippen LogP contribution in [0.2, 0.25) is 0 Å². The maximum absolute atomic E-state index is 12.9. The number of rotatable bonds is 8. The van der Waals surface area contributed by atoms with E-state index in [9.17, 15) is 4.39 Å². The lowest BCUT2D eigenvalue weighted by Crippen LogP contribution is -2.33. The third-order valence-electron chi connectivity index (χ3n) is 4.36. The normalized spacial score (nSPS) is 20.8. The summed E-state index contributed by atoms with van der Waals surface area (Å²) in [6.45, 7) is 2.44. The predicted octanol–water partition coefficient (Wildman–Crippen LogP) is 2.11. The standard InChI is InChI=1S/C16H26FN3O/c1-18-15(16-7-6-13(17)12-19-16)8-10-20-9-2-4-14(20)5-3-11-21/h6-7,12,14-15,18,21H,2-5,8-11H2,1H3. The highest BCUT2D eigenvalue weighted by molar-refractivity contribution is 5.09. The Kier molecular flexibility index (Phi) is 6.54. The fourth-order valence-electron chi connectivity index (χ4n) is 3.17. The molecule has 2 heterocycles. The van der Waals surface area contributed by atoms with E-state index < -0.39 is 0 Å². The first-order valence-corrected chi connectivity index (χ1v) is 7.88. The van der Waals surface area contributed by atoms with Crippen LogP contribution in [0.4, 0.5) is 4.39 Å². The summed E-state index contributed by atoms with van der Waals surface area (Å²) in [5.41, 5.74) is 0.894. The molecule has 0 amide bonds. The molecule has 1 aromatic rings. The van der Waals surface area contributed by atoms with Crippen LogP contribution < -0.4 is 5.32 Å². The predicted molar refractivity (Wildman–Crippen MR) is 81.5 cm³/mol. The van der Waals surface area contributed by atoms with E-state index in [1.54, 1.807) is 6.07 Å². The zero-order chi connectivity index (χ0) is 15.1. The molecule has 1 saturated heterocycles. The number of nitrogens with one attached hydrogen (secondary N) is 1. The molecule has 1 fully saturated rings. The molecule has 0 aliphatic carbocycles. The van der Waals surface area contributed by atoms with Gasteiger partial charge in [0, 0.05) is 19.2 Å². The van der Waals surface area contributed by atoms with E-state index in [1.807, 2.05) is 7.05 Å². The van der Waals surface area contributed by atoms with E-state index in [4.69, 9.17) is 5.11 Å². The Balaban J connectivity index is 1.86. The summed E-state index contributed by atoms with van der Waals surface area (Å²) in [5.74, 6) is -0.294. The SMILES string of the molecule is CNC(CCN1CCCC1CCCO)c1ccc(F)cn1. The van der Waals surface area contributed by atoms with Gasteiger partial charge in [-0.1, -0.05) is 0 Å². The number of nitrogens with zero attached hydrogens (tertiary/aromatic N) is 2. The molecule has 21 heavy (non-hydrogen) atoms. The van der Waals surface area contributed by atoms with Crippen molar-refractivity contribution in [2.45, 2.75) is 44.2 Å². The zero-order valence-electron chi connectivity index (χ0n) is 12.8. The van der Waals surface area contributed by atoms with Crippen molar-refractivity contribution >= 4 is 0 Å². The van der Waals surface area contributed by atoms with Crippen molar-refractivity contribution in [2.75, 3.05) is 26.7 Å². The topological polar surface area (TPSA) is 48.4 Å². The van der Waals surface area contributed by atoms with Crippen molar-refractivity contribution in [3.8, 4) is 0 Å². The summed E-state index contributed by atoms with van der Waals surface area (Å²) < 4.78 is 12.9. The third kappa shape index (κ3) is 4.73. The quantitative estimate of drug-likeness (QED) is 0.771. The third-order valence-corrected chi connectivity index (χ3v) is 4.36. The number of aliphatic hydroxyl groups is 1. The first-order valence-electron chi connectivity index (χ1n) is 7.88. The van der Waals surface area contributed by atoms with Crippen molar-refractivity contribution in [2.24, 2.45) is 0 Å². The highest BCUT2D eigenvalue weighted by atomic mass is 19.1. The first kappa shape index (κ1) is 16.3. The second kappa shape index (κ2) is 8.41. The smallest absolute Gasteiger partial charge is 0.141 e. The summed E-state index contributed by atoms with van der Waals surface area (Å²) in [5, 5.41) is 12.2. The van der Waals surface area contributed by atoms with Crippen LogP contribution in [0.25, 0.3) is 0 Å². The van der Waals surface area contributed by atoms with Crippen molar-refractivity contribution in [1.82, 2.24) is 15.2 Å².